The average Bonchev–Trinajstić information content (AvgIpc) is 2.87. The summed E-state index contributed by atoms with van der Waals surface area (Å²) in [4.78, 5) is 0. The zero-order chi connectivity index (χ0) is 13.7. The number of nitrogens with zero attached hydrogens (tertiary/aromatic N) is 1. The Hall–Kier alpha value is -1.85. The monoisotopic (exact) mass is 261 g/mol. The van der Waals surface area contributed by atoms with Crippen molar-refractivity contribution < 1.29 is 9.47 Å². The number of nitrogen functional groups attached to an aromatic ring is 1. The van der Waals surface area contributed by atoms with Gasteiger partial charge in [-0.15, -0.1) is 0 Å². The van der Waals surface area contributed by atoms with Crippen LogP contribution in [-0.4, -0.2) is 30.5 Å². The molecule has 2 aromatic rings. The SMILES string of the molecule is COCCOCc1cc(-c2ccc(C)c(N)c2)n[nH]1. The standard InChI is InChI=1S/C14H19N3O2/c1-10-3-4-11(7-13(10)15)14-8-12(16-17-14)9-19-6-5-18-2/h3-4,7-8H,5-6,9,15H2,1-2H3,(H,16,17). The van der Waals surface area contributed by atoms with Crippen LogP contribution in [0.25, 0.3) is 11.3 Å². The summed E-state index contributed by atoms with van der Waals surface area (Å²) in [5.41, 5.74) is 10.6. The first kappa shape index (κ1) is 13.6. The number of rotatable bonds is 6. The third kappa shape index (κ3) is 3.56. The molecule has 5 heteroatoms. The van der Waals surface area contributed by atoms with Gasteiger partial charge in [-0.3, -0.25) is 5.10 Å². The molecule has 1 heterocycles. The van der Waals surface area contributed by atoms with Gasteiger partial charge in [0.05, 0.1) is 31.2 Å². The minimum absolute atomic E-state index is 0.498. The molecule has 19 heavy (non-hydrogen) atoms. The predicted molar refractivity (Wildman–Crippen MR) is 74.7 cm³/mol. The average molecular weight is 261 g/mol. The topological polar surface area (TPSA) is 73.2 Å². The zero-order valence-corrected chi connectivity index (χ0v) is 11.3. The van der Waals surface area contributed by atoms with E-state index in [4.69, 9.17) is 15.2 Å². The second-order valence-electron chi connectivity index (χ2n) is 4.40. The highest BCUT2D eigenvalue weighted by Gasteiger charge is 2.05. The van der Waals surface area contributed by atoms with Crippen LogP contribution in [0.15, 0.2) is 24.3 Å². The lowest BCUT2D eigenvalue weighted by Crippen LogP contribution is -2.01. The van der Waals surface area contributed by atoms with Gasteiger partial charge in [-0.1, -0.05) is 12.1 Å². The lowest BCUT2D eigenvalue weighted by atomic mass is 10.1. The zero-order valence-electron chi connectivity index (χ0n) is 11.3. The van der Waals surface area contributed by atoms with Crippen molar-refractivity contribution in [3.63, 3.8) is 0 Å². The Kier molecular flexibility index (Phi) is 4.54. The van der Waals surface area contributed by atoms with Crippen molar-refractivity contribution in [3.8, 4) is 11.3 Å². The van der Waals surface area contributed by atoms with E-state index in [0.29, 0.717) is 19.8 Å². The molecule has 0 bridgehead atoms. The minimum atomic E-state index is 0.498. The molecule has 0 spiro atoms. The van der Waals surface area contributed by atoms with Crippen LogP contribution in [-0.2, 0) is 16.1 Å². The molecule has 0 atom stereocenters. The summed E-state index contributed by atoms with van der Waals surface area (Å²) in [5.74, 6) is 0. The number of anilines is 1. The van der Waals surface area contributed by atoms with Crippen LogP contribution in [0.1, 0.15) is 11.3 Å². The lowest BCUT2D eigenvalue weighted by molar-refractivity contribution is 0.0602. The van der Waals surface area contributed by atoms with E-state index in [-0.39, 0.29) is 0 Å². The van der Waals surface area contributed by atoms with Crippen molar-refractivity contribution in [2.45, 2.75) is 13.5 Å². The molecular weight excluding hydrogens is 242 g/mol. The van der Waals surface area contributed by atoms with Gasteiger partial charge in [-0.2, -0.15) is 5.10 Å². The van der Waals surface area contributed by atoms with Crippen molar-refractivity contribution in [2.75, 3.05) is 26.1 Å². The number of nitrogens with two attached hydrogens (primary N) is 1. The molecule has 3 N–H and O–H groups in total. The highest BCUT2D eigenvalue weighted by Crippen LogP contribution is 2.22. The van der Waals surface area contributed by atoms with Crippen LogP contribution in [0.3, 0.4) is 0 Å². The molecule has 1 aromatic carbocycles. The molecule has 2 rings (SSSR count). The second kappa shape index (κ2) is 6.36. The van der Waals surface area contributed by atoms with Gasteiger partial charge >= 0.3 is 0 Å². The Morgan fingerprint density at radius 2 is 2.11 bits per heavy atom. The number of benzene rings is 1. The smallest absolute Gasteiger partial charge is 0.0925 e. The number of nitrogens with one attached hydrogen (secondary N) is 1. The first-order chi connectivity index (χ1) is 9.20. The molecule has 5 nitrogen and oxygen atoms in total. The van der Waals surface area contributed by atoms with E-state index in [0.717, 1.165) is 28.2 Å². The van der Waals surface area contributed by atoms with Crippen molar-refractivity contribution >= 4 is 5.69 Å². The van der Waals surface area contributed by atoms with E-state index >= 15 is 0 Å². The Morgan fingerprint density at radius 3 is 2.84 bits per heavy atom. The van der Waals surface area contributed by atoms with Crippen molar-refractivity contribution in [1.29, 1.82) is 0 Å². The number of aryl methyl sites for hydroxylation is 1. The number of aromatic nitrogens is 2. The predicted octanol–water partition coefficient (Wildman–Crippen LogP) is 2.13. The normalized spacial score (nSPS) is 10.8. The van der Waals surface area contributed by atoms with Crippen molar-refractivity contribution in [3.05, 3.63) is 35.5 Å². The maximum absolute atomic E-state index is 5.90. The fourth-order valence-electron chi connectivity index (χ4n) is 1.71. The van der Waals surface area contributed by atoms with Crippen molar-refractivity contribution in [2.24, 2.45) is 0 Å². The van der Waals surface area contributed by atoms with E-state index in [1.165, 1.54) is 0 Å². The number of H-pyrrole nitrogens is 1. The summed E-state index contributed by atoms with van der Waals surface area (Å²) in [7, 11) is 1.65. The van der Waals surface area contributed by atoms with Crippen LogP contribution in [0.2, 0.25) is 0 Å². The molecule has 0 saturated carbocycles. The summed E-state index contributed by atoms with van der Waals surface area (Å²) in [5, 5.41) is 7.22. The molecule has 0 fully saturated rings. The fourth-order valence-corrected chi connectivity index (χ4v) is 1.71. The number of hydrogen-bond donors (Lipinski definition) is 2. The van der Waals surface area contributed by atoms with Gasteiger partial charge in [0.2, 0.25) is 0 Å². The Balaban J connectivity index is 2.01. The third-order valence-electron chi connectivity index (χ3n) is 2.90. The van der Waals surface area contributed by atoms with E-state index in [1.54, 1.807) is 7.11 Å². The molecule has 0 amide bonds. The molecule has 0 saturated heterocycles. The Morgan fingerprint density at radius 1 is 1.26 bits per heavy atom. The van der Waals surface area contributed by atoms with Gasteiger partial charge in [0.1, 0.15) is 0 Å². The van der Waals surface area contributed by atoms with Gasteiger partial charge in [0, 0.05) is 18.4 Å². The number of aromatic amines is 1. The first-order valence-corrected chi connectivity index (χ1v) is 6.18. The minimum Gasteiger partial charge on any atom is -0.398 e. The fraction of sp³-hybridized carbons (Fsp3) is 0.357. The maximum Gasteiger partial charge on any atom is 0.0925 e. The highest BCUT2D eigenvalue weighted by atomic mass is 16.5. The van der Waals surface area contributed by atoms with Crippen LogP contribution < -0.4 is 5.73 Å². The summed E-state index contributed by atoms with van der Waals surface area (Å²) < 4.78 is 10.3. The quantitative estimate of drug-likeness (QED) is 0.617. The molecule has 0 unspecified atom stereocenters. The molecule has 0 radical (unpaired) electrons. The Labute approximate surface area is 112 Å². The summed E-state index contributed by atoms with van der Waals surface area (Å²) in [6.45, 7) is 3.65. The van der Waals surface area contributed by atoms with Crippen molar-refractivity contribution in [1.82, 2.24) is 10.2 Å². The van der Waals surface area contributed by atoms with Gasteiger partial charge in [0.15, 0.2) is 0 Å². The molecule has 1 aromatic heterocycles. The summed E-state index contributed by atoms with van der Waals surface area (Å²) in [6.07, 6.45) is 0. The first-order valence-electron chi connectivity index (χ1n) is 6.18. The molecule has 102 valence electrons. The second-order valence-corrected chi connectivity index (χ2v) is 4.40. The van der Waals surface area contributed by atoms with Gasteiger partial charge in [-0.25, -0.2) is 0 Å². The van der Waals surface area contributed by atoms with Crippen LogP contribution >= 0.6 is 0 Å². The van der Waals surface area contributed by atoms with E-state index in [9.17, 15) is 0 Å². The van der Waals surface area contributed by atoms with E-state index in [2.05, 4.69) is 10.2 Å². The number of ether oxygens (including phenoxy) is 2. The molecular formula is C14H19N3O2. The summed E-state index contributed by atoms with van der Waals surface area (Å²) in [6, 6.07) is 7.91. The number of methoxy groups -OCH3 is 1. The molecule has 0 aliphatic rings. The Bertz CT molecular complexity index is 537. The summed E-state index contributed by atoms with van der Waals surface area (Å²) >= 11 is 0. The maximum atomic E-state index is 5.90. The number of hydrogen-bond acceptors (Lipinski definition) is 4. The van der Waals surface area contributed by atoms with E-state index in [1.807, 2.05) is 31.2 Å². The largest absolute Gasteiger partial charge is 0.398 e. The molecule has 0 aliphatic carbocycles. The van der Waals surface area contributed by atoms with Gasteiger partial charge in [0.25, 0.3) is 0 Å². The van der Waals surface area contributed by atoms with Gasteiger partial charge in [-0.05, 0) is 24.6 Å². The van der Waals surface area contributed by atoms with Crippen LogP contribution in [0.5, 0.6) is 0 Å². The van der Waals surface area contributed by atoms with Gasteiger partial charge < -0.3 is 15.2 Å². The lowest BCUT2D eigenvalue weighted by Gasteiger charge is -2.02. The van der Waals surface area contributed by atoms with Crippen LogP contribution in [0.4, 0.5) is 5.69 Å². The highest BCUT2D eigenvalue weighted by molar-refractivity contribution is 5.66. The molecule has 0 aliphatic heterocycles. The van der Waals surface area contributed by atoms with Crippen LogP contribution in [0, 0.1) is 6.92 Å². The third-order valence-corrected chi connectivity index (χ3v) is 2.90. The van der Waals surface area contributed by atoms with E-state index < -0.39 is 0 Å².